The number of fused-ring (bicyclic) bond motifs is 1. The van der Waals surface area contributed by atoms with Crippen molar-refractivity contribution >= 4 is 23.0 Å². The van der Waals surface area contributed by atoms with Crippen LogP contribution in [0, 0.1) is 0 Å². The first-order valence-corrected chi connectivity index (χ1v) is 19.6. The highest BCUT2D eigenvalue weighted by Crippen LogP contribution is 2.41. The van der Waals surface area contributed by atoms with Gasteiger partial charge in [0.05, 0.1) is 19.8 Å². The highest BCUT2D eigenvalue weighted by atomic mass is 16.8. The van der Waals surface area contributed by atoms with Gasteiger partial charge in [-0.25, -0.2) is 4.79 Å². The summed E-state index contributed by atoms with van der Waals surface area (Å²) in [5.41, 5.74) is -1.61. The molecule has 4 aromatic rings. The minimum Gasteiger partial charge on any atom is -0.507 e. The number of phenols is 5. The largest absolute Gasteiger partial charge is 0.507 e. The van der Waals surface area contributed by atoms with E-state index < -0.39 is 168 Å². The monoisotopic (exact) mass is 920 g/mol. The van der Waals surface area contributed by atoms with E-state index in [0.29, 0.717) is 0 Å². The Bertz CT molecular complexity index is 2440. The van der Waals surface area contributed by atoms with Gasteiger partial charge < -0.3 is 109 Å². The van der Waals surface area contributed by atoms with Crippen molar-refractivity contribution in [3.05, 3.63) is 70.4 Å². The molecule has 3 aliphatic rings. The third kappa shape index (κ3) is 9.61. The van der Waals surface area contributed by atoms with E-state index in [4.69, 9.17) is 37.6 Å². The van der Waals surface area contributed by atoms with Gasteiger partial charge in [0.25, 0.3) is 0 Å². The Morgan fingerprint density at radius 2 is 1.31 bits per heavy atom. The van der Waals surface area contributed by atoms with Crippen LogP contribution in [0.3, 0.4) is 0 Å². The predicted octanol–water partition coefficient (Wildman–Crippen LogP) is -2.93. The van der Waals surface area contributed by atoms with Crippen LogP contribution in [0.5, 0.6) is 40.2 Å². The maximum absolute atomic E-state index is 14.4. The van der Waals surface area contributed by atoms with E-state index in [0.717, 1.165) is 48.5 Å². The molecular weight excluding hydrogens is 876 g/mol. The molecule has 352 valence electrons. The molecule has 7 rings (SSSR count). The van der Waals surface area contributed by atoms with Crippen LogP contribution in [0.25, 0.3) is 28.4 Å². The van der Waals surface area contributed by atoms with E-state index in [1.165, 1.54) is 12.1 Å². The molecule has 0 aliphatic carbocycles. The average Bonchev–Trinajstić information content (AvgIpc) is 3.27. The van der Waals surface area contributed by atoms with Gasteiger partial charge in [-0.3, -0.25) is 4.79 Å². The third-order valence-corrected chi connectivity index (χ3v) is 10.7. The number of aromatic hydroxyl groups is 5. The van der Waals surface area contributed by atoms with Crippen LogP contribution in [0.2, 0.25) is 0 Å². The number of aliphatic hydroxyl groups excluding tert-OH is 9. The van der Waals surface area contributed by atoms with Crippen molar-refractivity contribution in [2.24, 2.45) is 0 Å². The van der Waals surface area contributed by atoms with Crippen molar-refractivity contribution in [3.63, 3.8) is 0 Å². The number of rotatable bonds is 12. The maximum atomic E-state index is 14.4. The van der Waals surface area contributed by atoms with E-state index in [2.05, 4.69) is 0 Å². The Morgan fingerprint density at radius 1 is 0.662 bits per heavy atom. The Kier molecular flexibility index (Phi) is 14.0. The van der Waals surface area contributed by atoms with Crippen molar-refractivity contribution in [3.8, 4) is 51.6 Å². The second-order valence-electron chi connectivity index (χ2n) is 15.1. The fourth-order valence-electron chi connectivity index (χ4n) is 7.14. The molecule has 0 spiro atoms. The normalized spacial score (nSPS) is 31.8. The summed E-state index contributed by atoms with van der Waals surface area (Å²) < 4.78 is 45.6. The maximum Gasteiger partial charge on any atom is 0.331 e. The Hall–Kier alpha value is -5.84. The molecule has 3 fully saturated rings. The van der Waals surface area contributed by atoms with Gasteiger partial charge in [-0.2, -0.15) is 0 Å². The Morgan fingerprint density at radius 3 is 1.97 bits per heavy atom. The molecule has 14 N–H and O–H groups in total. The minimum atomic E-state index is -2.10. The standard InChI is InChI=1S/C41H44O24/c42-11-24-29(52)32(55)34(57)39(61-24)59-16-9-21(48)27-23(10-16)60-35(15-3-5-18(45)20(47)8-15)36(31(27)54)64-41-38(33(56)30(53)25(12-43)62-41)65-40-37(28(51)22(49)13-58-40)63-26(50)6-2-14-1-4-17(44)19(46)7-14/h1-10,22,24-25,28-30,32-34,37-49,51-53,55-57H,11-13H2/b6-2+/t22-,24-,25-,28-,29+,30+,32-,33-,34+,37+,38+,39+,40+,41-/m0/s1. The van der Waals surface area contributed by atoms with E-state index in [1.807, 2.05) is 0 Å². The van der Waals surface area contributed by atoms with Crippen molar-refractivity contribution in [1.82, 2.24) is 0 Å². The SMILES string of the molecule is O=C(/C=C/c1ccc(O)c(O)c1)O[C@H]1[C@@H](O[C@H]2[C@H](Oc3c(-c4ccc(O)c(O)c4)oc4cc(O[C@@H]5O[C@@H](CO)[C@@H](O)[C@H](O)[C@H]5O)cc(O)c4c3=O)O[C@@H](CO)[C@@H](O)[C@@H]2O)OC[C@H](O)[C@@H]1O. The highest BCUT2D eigenvalue weighted by Gasteiger charge is 2.52. The van der Waals surface area contributed by atoms with Gasteiger partial charge in [0.2, 0.25) is 23.8 Å². The lowest BCUT2D eigenvalue weighted by atomic mass is 9.98. The molecule has 0 saturated carbocycles. The van der Waals surface area contributed by atoms with Gasteiger partial charge in [0.15, 0.2) is 47.3 Å². The highest BCUT2D eigenvalue weighted by molar-refractivity contribution is 5.89. The molecule has 24 nitrogen and oxygen atoms in total. The first kappa shape index (κ1) is 47.1. The Labute approximate surface area is 364 Å². The number of hydrogen-bond acceptors (Lipinski definition) is 24. The molecule has 65 heavy (non-hydrogen) atoms. The van der Waals surface area contributed by atoms with E-state index in [-0.39, 0.29) is 16.9 Å². The summed E-state index contributed by atoms with van der Waals surface area (Å²) in [6.07, 6.45) is -23.7. The van der Waals surface area contributed by atoms with E-state index in [9.17, 15) is 81.1 Å². The van der Waals surface area contributed by atoms with Gasteiger partial charge in [-0.15, -0.1) is 0 Å². The summed E-state index contributed by atoms with van der Waals surface area (Å²) in [6.45, 7) is -2.38. The zero-order chi connectivity index (χ0) is 47.0. The fourth-order valence-corrected chi connectivity index (χ4v) is 7.14. The quantitative estimate of drug-likeness (QED) is 0.0384. The molecule has 3 aromatic carbocycles. The second-order valence-corrected chi connectivity index (χ2v) is 15.1. The number of benzene rings is 3. The van der Waals surface area contributed by atoms with Crippen LogP contribution in [0.15, 0.2) is 63.8 Å². The van der Waals surface area contributed by atoms with Gasteiger partial charge in [-0.1, -0.05) is 6.07 Å². The van der Waals surface area contributed by atoms with Crippen LogP contribution < -0.4 is 14.9 Å². The van der Waals surface area contributed by atoms with Gasteiger partial charge in [-0.05, 0) is 42.0 Å². The number of ether oxygens (including phenoxy) is 7. The summed E-state index contributed by atoms with van der Waals surface area (Å²) in [4.78, 5) is 27.4. The van der Waals surface area contributed by atoms with Crippen molar-refractivity contribution in [2.75, 3.05) is 19.8 Å². The number of phenolic OH excluding ortho intramolecular Hbond substituents is 5. The Balaban J connectivity index is 1.24. The molecule has 0 unspecified atom stereocenters. The molecule has 14 atom stereocenters. The smallest absolute Gasteiger partial charge is 0.331 e. The zero-order valence-corrected chi connectivity index (χ0v) is 33.3. The van der Waals surface area contributed by atoms with Crippen molar-refractivity contribution in [2.45, 2.75) is 86.0 Å². The van der Waals surface area contributed by atoms with Crippen LogP contribution >= 0.6 is 0 Å². The van der Waals surface area contributed by atoms with Crippen molar-refractivity contribution < 1.29 is 114 Å². The number of esters is 1. The first-order valence-electron chi connectivity index (χ1n) is 19.6. The van der Waals surface area contributed by atoms with Crippen LogP contribution in [0.1, 0.15) is 5.56 Å². The lowest BCUT2D eigenvalue weighted by molar-refractivity contribution is -0.345. The number of hydrogen-bond donors (Lipinski definition) is 14. The molecule has 3 saturated heterocycles. The number of carbonyl (C=O) groups excluding carboxylic acids is 1. The third-order valence-electron chi connectivity index (χ3n) is 10.7. The van der Waals surface area contributed by atoms with Gasteiger partial charge >= 0.3 is 5.97 Å². The molecule has 1 aromatic heterocycles. The summed E-state index contributed by atoms with van der Waals surface area (Å²) in [5, 5.41) is 145. The summed E-state index contributed by atoms with van der Waals surface area (Å²) in [5.74, 6) is -6.04. The van der Waals surface area contributed by atoms with Crippen LogP contribution in [-0.2, 0) is 28.5 Å². The van der Waals surface area contributed by atoms with Crippen molar-refractivity contribution in [1.29, 1.82) is 0 Å². The predicted molar refractivity (Wildman–Crippen MR) is 211 cm³/mol. The molecule has 3 aliphatic heterocycles. The molecule has 4 heterocycles. The summed E-state index contributed by atoms with van der Waals surface area (Å²) in [6, 6.07) is 8.61. The summed E-state index contributed by atoms with van der Waals surface area (Å²) >= 11 is 0. The van der Waals surface area contributed by atoms with Crippen LogP contribution in [0.4, 0.5) is 0 Å². The fraction of sp³-hybridized carbons (Fsp3) is 0.415. The molecule has 0 radical (unpaired) electrons. The minimum absolute atomic E-state index is 0.183. The van der Waals surface area contributed by atoms with E-state index >= 15 is 0 Å². The summed E-state index contributed by atoms with van der Waals surface area (Å²) in [7, 11) is 0. The molecule has 0 amide bonds. The lowest BCUT2D eigenvalue weighted by Crippen LogP contribution is -2.64. The van der Waals surface area contributed by atoms with E-state index in [1.54, 1.807) is 0 Å². The van der Waals surface area contributed by atoms with Crippen LogP contribution in [-0.4, -0.2) is 183 Å². The number of carbonyl (C=O) groups is 1. The first-order chi connectivity index (χ1) is 30.9. The van der Waals surface area contributed by atoms with Gasteiger partial charge in [0.1, 0.15) is 77.4 Å². The number of aliphatic hydroxyl groups is 9. The topological polar surface area (TPSA) is 395 Å². The lowest BCUT2D eigenvalue weighted by Gasteiger charge is -2.45. The zero-order valence-electron chi connectivity index (χ0n) is 33.3. The molecular formula is C41H44O24. The molecule has 24 heteroatoms. The molecule has 0 bridgehead atoms. The average molecular weight is 921 g/mol. The second kappa shape index (κ2) is 19.3. The van der Waals surface area contributed by atoms with Gasteiger partial charge in [0, 0.05) is 23.8 Å².